The Kier molecular flexibility index (Phi) is 3.77. The van der Waals surface area contributed by atoms with E-state index in [-0.39, 0.29) is 11.7 Å². The molecule has 1 aromatic carbocycles. The van der Waals surface area contributed by atoms with E-state index < -0.39 is 0 Å². The van der Waals surface area contributed by atoms with Crippen molar-refractivity contribution in [3.8, 4) is 0 Å². The summed E-state index contributed by atoms with van der Waals surface area (Å²) in [6.07, 6.45) is 2.04. The number of carbonyl (C=O) groups excluding carboxylic acids is 2. The molecule has 0 unspecified atom stereocenters. The Labute approximate surface area is 107 Å². The van der Waals surface area contributed by atoms with Crippen LogP contribution < -0.4 is 10.6 Å². The van der Waals surface area contributed by atoms with E-state index in [1.807, 2.05) is 12.1 Å². The molecule has 1 aliphatic rings. The normalized spacial score (nSPS) is 13.6. The summed E-state index contributed by atoms with van der Waals surface area (Å²) in [5, 5.41) is 0. The molecule has 0 atom stereocenters. The van der Waals surface area contributed by atoms with Gasteiger partial charge in [-0.2, -0.15) is 0 Å². The maximum Gasteiger partial charge on any atom is 0.223 e. The molecule has 0 fully saturated rings. The minimum atomic E-state index is 0.0518. The molecule has 1 aliphatic heterocycles. The summed E-state index contributed by atoms with van der Waals surface area (Å²) in [6, 6.07) is 5.59. The molecular weight excluding hydrogens is 228 g/mol. The second-order valence-corrected chi connectivity index (χ2v) is 4.58. The monoisotopic (exact) mass is 246 g/mol. The number of nitrogens with two attached hydrogens (primary N) is 1. The van der Waals surface area contributed by atoms with Gasteiger partial charge in [-0.15, -0.1) is 0 Å². The highest BCUT2D eigenvalue weighted by molar-refractivity contribution is 5.98. The van der Waals surface area contributed by atoms with Gasteiger partial charge in [0.05, 0.1) is 0 Å². The molecular formula is C14H18N2O2. The SMILES string of the molecule is CC(=O)N1CCc2cc(C(=O)CCCN)ccc21. The van der Waals surface area contributed by atoms with Crippen LogP contribution in [0.5, 0.6) is 0 Å². The highest BCUT2D eigenvalue weighted by atomic mass is 16.2. The molecule has 0 saturated heterocycles. The predicted octanol–water partition coefficient (Wildman–Crippen LogP) is 1.52. The first-order valence-electron chi connectivity index (χ1n) is 6.28. The van der Waals surface area contributed by atoms with Gasteiger partial charge in [-0.25, -0.2) is 0 Å². The highest BCUT2D eigenvalue weighted by Crippen LogP contribution is 2.29. The highest BCUT2D eigenvalue weighted by Gasteiger charge is 2.22. The lowest BCUT2D eigenvalue weighted by molar-refractivity contribution is -0.116. The van der Waals surface area contributed by atoms with Gasteiger partial charge >= 0.3 is 0 Å². The standard InChI is InChI=1S/C14H18N2O2/c1-10(17)16-8-6-11-9-12(4-5-13(11)16)14(18)3-2-7-15/h4-5,9H,2-3,6-8,15H2,1H3. The second-order valence-electron chi connectivity index (χ2n) is 4.58. The van der Waals surface area contributed by atoms with Crippen molar-refractivity contribution in [2.75, 3.05) is 18.0 Å². The summed E-state index contributed by atoms with van der Waals surface area (Å²) < 4.78 is 0. The molecule has 18 heavy (non-hydrogen) atoms. The molecule has 4 heteroatoms. The molecule has 0 radical (unpaired) electrons. The average Bonchev–Trinajstić information content (AvgIpc) is 2.78. The van der Waals surface area contributed by atoms with Crippen LogP contribution in [0.1, 0.15) is 35.7 Å². The first-order valence-corrected chi connectivity index (χ1v) is 6.28. The number of fused-ring (bicyclic) bond motifs is 1. The number of anilines is 1. The summed E-state index contributed by atoms with van der Waals surface area (Å²) in [5.74, 6) is 0.181. The van der Waals surface area contributed by atoms with Crippen molar-refractivity contribution in [3.05, 3.63) is 29.3 Å². The maximum absolute atomic E-state index is 11.9. The van der Waals surface area contributed by atoms with E-state index >= 15 is 0 Å². The first-order chi connectivity index (χ1) is 8.63. The third kappa shape index (κ3) is 2.43. The van der Waals surface area contributed by atoms with Crippen LogP contribution in [-0.2, 0) is 11.2 Å². The topological polar surface area (TPSA) is 63.4 Å². The number of amides is 1. The molecule has 2 N–H and O–H groups in total. The maximum atomic E-state index is 11.9. The Morgan fingerprint density at radius 1 is 1.39 bits per heavy atom. The van der Waals surface area contributed by atoms with Crippen LogP contribution in [0.25, 0.3) is 0 Å². The fourth-order valence-electron chi connectivity index (χ4n) is 2.31. The first kappa shape index (κ1) is 12.8. The number of carbonyl (C=O) groups is 2. The van der Waals surface area contributed by atoms with Gasteiger partial charge in [0.2, 0.25) is 5.91 Å². The molecule has 0 aliphatic carbocycles. The number of nitrogens with zero attached hydrogens (tertiary/aromatic N) is 1. The van der Waals surface area contributed by atoms with Crippen LogP contribution in [-0.4, -0.2) is 24.8 Å². The van der Waals surface area contributed by atoms with Gasteiger partial charge in [0, 0.05) is 31.1 Å². The van der Waals surface area contributed by atoms with Crippen LogP contribution >= 0.6 is 0 Å². The zero-order valence-electron chi connectivity index (χ0n) is 10.6. The number of hydrogen-bond acceptors (Lipinski definition) is 3. The Bertz CT molecular complexity index is 483. The predicted molar refractivity (Wildman–Crippen MR) is 70.8 cm³/mol. The van der Waals surface area contributed by atoms with Gasteiger partial charge in [0.25, 0.3) is 0 Å². The Balaban J connectivity index is 2.19. The molecule has 0 bridgehead atoms. The van der Waals surface area contributed by atoms with Crippen LogP contribution in [0.3, 0.4) is 0 Å². The van der Waals surface area contributed by atoms with Crippen LogP contribution in [0.15, 0.2) is 18.2 Å². The largest absolute Gasteiger partial charge is 0.330 e. The van der Waals surface area contributed by atoms with E-state index in [0.29, 0.717) is 19.5 Å². The second kappa shape index (κ2) is 5.31. The van der Waals surface area contributed by atoms with E-state index in [9.17, 15) is 9.59 Å². The van der Waals surface area contributed by atoms with Crippen molar-refractivity contribution < 1.29 is 9.59 Å². The minimum absolute atomic E-state index is 0.0518. The number of rotatable bonds is 4. The van der Waals surface area contributed by atoms with Crippen molar-refractivity contribution in [1.29, 1.82) is 0 Å². The summed E-state index contributed by atoms with van der Waals surface area (Å²) in [5.41, 5.74) is 8.16. The van der Waals surface area contributed by atoms with Gasteiger partial charge in [-0.3, -0.25) is 9.59 Å². The summed E-state index contributed by atoms with van der Waals surface area (Å²) in [7, 11) is 0. The van der Waals surface area contributed by atoms with E-state index in [1.54, 1.807) is 17.9 Å². The van der Waals surface area contributed by atoms with Gasteiger partial charge in [-0.05, 0) is 43.1 Å². The Morgan fingerprint density at radius 2 is 2.17 bits per heavy atom. The van der Waals surface area contributed by atoms with Crippen molar-refractivity contribution in [2.45, 2.75) is 26.2 Å². The summed E-state index contributed by atoms with van der Waals surface area (Å²) >= 11 is 0. The molecule has 4 nitrogen and oxygen atoms in total. The fraction of sp³-hybridized carbons (Fsp3) is 0.429. The number of benzene rings is 1. The Morgan fingerprint density at radius 3 is 2.83 bits per heavy atom. The molecule has 2 rings (SSSR count). The molecule has 96 valence electrons. The van der Waals surface area contributed by atoms with E-state index in [4.69, 9.17) is 5.73 Å². The number of Topliss-reactive ketones (excluding diaryl/α,β-unsaturated/α-hetero) is 1. The van der Waals surface area contributed by atoms with Gasteiger partial charge in [-0.1, -0.05) is 0 Å². The number of hydrogen-bond donors (Lipinski definition) is 1. The summed E-state index contributed by atoms with van der Waals surface area (Å²) in [4.78, 5) is 25.1. The molecule has 1 aromatic rings. The van der Waals surface area contributed by atoms with Crippen molar-refractivity contribution in [2.24, 2.45) is 5.73 Å². The molecule has 1 amide bonds. The van der Waals surface area contributed by atoms with E-state index in [2.05, 4.69) is 0 Å². The average molecular weight is 246 g/mol. The molecule has 0 aromatic heterocycles. The zero-order valence-corrected chi connectivity index (χ0v) is 10.6. The van der Waals surface area contributed by atoms with Crippen molar-refractivity contribution in [3.63, 3.8) is 0 Å². The summed E-state index contributed by atoms with van der Waals surface area (Å²) in [6.45, 7) is 2.81. The van der Waals surface area contributed by atoms with Gasteiger partial charge in [0.15, 0.2) is 5.78 Å². The lowest BCUT2D eigenvalue weighted by Crippen LogP contribution is -2.25. The quantitative estimate of drug-likeness (QED) is 0.819. The van der Waals surface area contributed by atoms with Crippen LogP contribution in [0.2, 0.25) is 0 Å². The van der Waals surface area contributed by atoms with Crippen LogP contribution in [0, 0.1) is 0 Å². The van der Waals surface area contributed by atoms with Gasteiger partial charge < -0.3 is 10.6 Å². The molecule has 0 saturated carbocycles. The zero-order chi connectivity index (χ0) is 13.1. The van der Waals surface area contributed by atoms with Crippen molar-refractivity contribution >= 4 is 17.4 Å². The smallest absolute Gasteiger partial charge is 0.223 e. The third-order valence-electron chi connectivity index (χ3n) is 3.29. The number of ketones is 1. The van der Waals surface area contributed by atoms with E-state index in [1.165, 1.54) is 0 Å². The van der Waals surface area contributed by atoms with Crippen molar-refractivity contribution in [1.82, 2.24) is 0 Å². The lowest BCUT2D eigenvalue weighted by atomic mass is 10.0. The molecule has 0 spiro atoms. The minimum Gasteiger partial charge on any atom is -0.330 e. The van der Waals surface area contributed by atoms with E-state index in [0.717, 1.165) is 29.7 Å². The third-order valence-corrected chi connectivity index (χ3v) is 3.29. The van der Waals surface area contributed by atoms with Crippen LogP contribution in [0.4, 0.5) is 5.69 Å². The fourth-order valence-corrected chi connectivity index (χ4v) is 2.31. The molecule has 1 heterocycles. The van der Waals surface area contributed by atoms with Gasteiger partial charge in [0.1, 0.15) is 0 Å². The Hall–Kier alpha value is -1.68. The lowest BCUT2D eigenvalue weighted by Gasteiger charge is -2.14.